The molecule has 1 aliphatic heterocycles. The largest absolute Gasteiger partial charge is 0.480 e. The molecule has 2 atom stereocenters. The number of carboxylic acid groups (broad SMARTS) is 1. The van der Waals surface area contributed by atoms with Crippen molar-refractivity contribution in [3.63, 3.8) is 0 Å². The molecule has 0 amide bonds. The molecule has 1 heterocycles. The highest BCUT2D eigenvalue weighted by Gasteiger charge is 2.32. The minimum atomic E-state index is -0.915. The van der Waals surface area contributed by atoms with Gasteiger partial charge in [-0.2, -0.15) is 11.8 Å². The smallest absolute Gasteiger partial charge is 0.321 e. The van der Waals surface area contributed by atoms with E-state index in [2.05, 4.69) is 11.9 Å². The number of hydrogen-bond acceptors (Lipinski definition) is 4. The summed E-state index contributed by atoms with van der Waals surface area (Å²) in [6, 6.07) is -0.144. The second-order valence-electron chi connectivity index (χ2n) is 5.69. The molecule has 0 radical (unpaired) electrons. The van der Waals surface area contributed by atoms with E-state index in [1.807, 2.05) is 13.8 Å². The molecule has 0 aliphatic carbocycles. The Bertz CT molecular complexity index is 284. The second kappa shape index (κ2) is 6.78. The zero-order valence-electron chi connectivity index (χ0n) is 11.7. The average molecular weight is 274 g/mol. The Morgan fingerprint density at radius 2 is 2.22 bits per heavy atom. The third-order valence-corrected chi connectivity index (χ3v) is 5.30. The fraction of sp³-hybridized carbons (Fsp3) is 0.923. The van der Waals surface area contributed by atoms with Crippen LogP contribution in [0.2, 0.25) is 0 Å². The Morgan fingerprint density at radius 3 is 2.78 bits per heavy atom. The molecule has 0 saturated carbocycles. The molecular weight excluding hydrogens is 248 g/mol. The van der Waals surface area contributed by atoms with Crippen LogP contribution in [-0.4, -0.2) is 52.2 Å². The van der Waals surface area contributed by atoms with Gasteiger partial charge in [0.05, 0.1) is 0 Å². The first-order valence-corrected chi connectivity index (χ1v) is 7.65. The minimum absolute atomic E-state index is 0.404. The number of rotatable bonds is 6. The van der Waals surface area contributed by atoms with Gasteiger partial charge in [0.25, 0.3) is 0 Å². The number of likely N-dealkylation sites (tertiary alicyclic amines) is 1. The Kier molecular flexibility index (Phi) is 5.95. The first-order chi connectivity index (χ1) is 8.34. The molecule has 0 aromatic rings. The molecule has 0 bridgehead atoms. The molecular formula is C13H26N2O2S. The van der Waals surface area contributed by atoms with E-state index in [9.17, 15) is 4.79 Å². The van der Waals surface area contributed by atoms with Crippen molar-refractivity contribution in [1.82, 2.24) is 4.90 Å². The lowest BCUT2D eigenvalue weighted by Crippen LogP contribution is -2.47. The maximum atomic E-state index is 10.9. The highest BCUT2D eigenvalue weighted by Crippen LogP contribution is 2.29. The van der Waals surface area contributed by atoms with Crippen molar-refractivity contribution >= 4 is 17.7 Å². The van der Waals surface area contributed by atoms with Gasteiger partial charge in [0, 0.05) is 10.8 Å². The van der Waals surface area contributed by atoms with E-state index in [1.165, 1.54) is 25.8 Å². The van der Waals surface area contributed by atoms with Crippen LogP contribution in [0.1, 0.15) is 39.5 Å². The molecule has 106 valence electrons. The number of carbonyl (C=O) groups is 1. The van der Waals surface area contributed by atoms with E-state index in [0.29, 0.717) is 6.04 Å². The van der Waals surface area contributed by atoms with Gasteiger partial charge >= 0.3 is 5.97 Å². The Balaban J connectivity index is 2.34. The predicted molar refractivity (Wildman–Crippen MR) is 77.0 cm³/mol. The van der Waals surface area contributed by atoms with Crippen LogP contribution in [0.25, 0.3) is 0 Å². The van der Waals surface area contributed by atoms with Crippen LogP contribution in [0.5, 0.6) is 0 Å². The molecule has 1 saturated heterocycles. The summed E-state index contributed by atoms with van der Waals surface area (Å²) in [5, 5.41) is 8.96. The second-order valence-corrected chi connectivity index (χ2v) is 7.44. The topological polar surface area (TPSA) is 66.6 Å². The lowest BCUT2D eigenvalue weighted by Gasteiger charge is -2.34. The Labute approximate surface area is 114 Å². The van der Waals surface area contributed by atoms with E-state index < -0.39 is 16.8 Å². The van der Waals surface area contributed by atoms with Gasteiger partial charge in [-0.1, -0.05) is 6.42 Å². The highest BCUT2D eigenvalue weighted by molar-refractivity contribution is 8.00. The van der Waals surface area contributed by atoms with Crippen molar-refractivity contribution in [2.75, 3.05) is 19.3 Å². The number of hydrogen-bond donors (Lipinski definition) is 2. The van der Waals surface area contributed by atoms with Crippen molar-refractivity contribution < 1.29 is 9.90 Å². The molecule has 4 nitrogen and oxygen atoms in total. The van der Waals surface area contributed by atoms with Gasteiger partial charge in [-0.3, -0.25) is 4.79 Å². The lowest BCUT2D eigenvalue weighted by atomic mass is 10.0. The van der Waals surface area contributed by atoms with E-state index >= 15 is 0 Å². The van der Waals surface area contributed by atoms with E-state index in [1.54, 1.807) is 11.8 Å². The molecule has 5 heteroatoms. The molecule has 18 heavy (non-hydrogen) atoms. The number of carboxylic acids is 1. The van der Waals surface area contributed by atoms with Crippen LogP contribution >= 0.6 is 11.8 Å². The first-order valence-electron chi connectivity index (χ1n) is 6.67. The molecule has 1 unspecified atom stereocenters. The first kappa shape index (κ1) is 15.8. The van der Waals surface area contributed by atoms with Gasteiger partial charge in [0.15, 0.2) is 0 Å². The normalized spacial score (nSPS) is 23.9. The van der Waals surface area contributed by atoms with Gasteiger partial charge in [-0.25, -0.2) is 0 Å². The number of nitrogens with two attached hydrogens (primary N) is 1. The quantitative estimate of drug-likeness (QED) is 0.773. The van der Waals surface area contributed by atoms with Crippen molar-refractivity contribution in [3.05, 3.63) is 0 Å². The summed E-state index contributed by atoms with van der Waals surface area (Å²) in [7, 11) is 2.18. The Morgan fingerprint density at radius 1 is 1.56 bits per heavy atom. The van der Waals surface area contributed by atoms with Gasteiger partial charge in [-0.15, -0.1) is 0 Å². The third kappa shape index (κ3) is 4.44. The number of piperidine rings is 1. The Hall–Kier alpha value is -0.260. The van der Waals surface area contributed by atoms with Crippen LogP contribution in [0, 0.1) is 0 Å². The summed E-state index contributed by atoms with van der Waals surface area (Å²) in [4.78, 5) is 13.3. The van der Waals surface area contributed by atoms with Crippen LogP contribution in [-0.2, 0) is 4.79 Å². The number of nitrogens with zero attached hydrogens (tertiary/aromatic N) is 1. The van der Waals surface area contributed by atoms with Crippen LogP contribution in [0.15, 0.2) is 0 Å². The van der Waals surface area contributed by atoms with Crippen molar-refractivity contribution in [2.24, 2.45) is 5.73 Å². The van der Waals surface area contributed by atoms with Crippen LogP contribution in [0.3, 0.4) is 0 Å². The van der Waals surface area contributed by atoms with Gasteiger partial charge in [0.2, 0.25) is 0 Å². The highest BCUT2D eigenvalue weighted by atomic mass is 32.2. The average Bonchev–Trinajstić information content (AvgIpc) is 2.30. The molecule has 1 aliphatic rings. The fourth-order valence-corrected chi connectivity index (χ4v) is 3.55. The SMILES string of the molecule is CN1CCCCC1CCSC(C)(C)[C@H](N)C(=O)O. The lowest BCUT2D eigenvalue weighted by molar-refractivity contribution is -0.139. The molecule has 0 aromatic heterocycles. The number of thioether (sulfide) groups is 1. The van der Waals surface area contributed by atoms with Crippen LogP contribution < -0.4 is 5.73 Å². The van der Waals surface area contributed by atoms with E-state index in [-0.39, 0.29) is 0 Å². The summed E-state index contributed by atoms with van der Waals surface area (Å²) in [6.45, 7) is 5.02. The molecule has 0 aromatic carbocycles. The van der Waals surface area contributed by atoms with Gasteiger partial charge in [0.1, 0.15) is 6.04 Å². The molecule has 1 rings (SSSR count). The number of aliphatic carboxylic acids is 1. The standard InChI is InChI=1S/C13H26N2O2S/c1-13(2,11(14)12(16)17)18-9-7-10-6-4-5-8-15(10)3/h10-11H,4-9,14H2,1-3H3,(H,16,17)/t10?,11-/m1/s1. The van der Waals surface area contributed by atoms with Crippen molar-refractivity contribution in [3.8, 4) is 0 Å². The minimum Gasteiger partial charge on any atom is -0.480 e. The molecule has 0 spiro atoms. The third-order valence-electron chi connectivity index (χ3n) is 3.86. The van der Waals surface area contributed by atoms with Gasteiger partial charge < -0.3 is 15.7 Å². The zero-order valence-corrected chi connectivity index (χ0v) is 12.5. The van der Waals surface area contributed by atoms with E-state index in [0.717, 1.165) is 12.2 Å². The predicted octanol–water partition coefficient (Wildman–Crippen LogP) is 1.78. The molecule has 3 N–H and O–H groups in total. The summed E-state index contributed by atoms with van der Waals surface area (Å²) in [5.74, 6) is 0.0606. The summed E-state index contributed by atoms with van der Waals surface area (Å²) in [6.07, 6.45) is 5.01. The maximum absolute atomic E-state index is 10.9. The summed E-state index contributed by atoms with van der Waals surface area (Å²) >= 11 is 1.68. The maximum Gasteiger partial charge on any atom is 0.321 e. The van der Waals surface area contributed by atoms with Gasteiger partial charge in [-0.05, 0) is 52.5 Å². The van der Waals surface area contributed by atoms with Crippen LogP contribution in [0.4, 0.5) is 0 Å². The summed E-state index contributed by atoms with van der Waals surface area (Å²) < 4.78 is -0.404. The summed E-state index contributed by atoms with van der Waals surface area (Å²) in [5.41, 5.74) is 5.71. The zero-order chi connectivity index (χ0) is 13.8. The molecule has 1 fully saturated rings. The van der Waals surface area contributed by atoms with E-state index in [4.69, 9.17) is 10.8 Å². The monoisotopic (exact) mass is 274 g/mol. The fourth-order valence-electron chi connectivity index (χ4n) is 2.35. The van der Waals surface area contributed by atoms with Crippen molar-refractivity contribution in [2.45, 2.75) is 56.4 Å². The van der Waals surface area contributed by atoms with Crippen molar-refractivity contribution in [1.29, 1.82) is 0 Å².